The van der Waals surface area contributed by atoms with E-state index in [1.807, 2.05) is 13.8 Å². The van der Waals surface area contributed by atoms with E-state index in [4.69, 9.17) is 4.74 Å². The fourth-order valence-electron chi connectivity index (χ4n) is 2.12. The molecule has 0 radical (unpaired) electrons. The summed E-state index contributed by atoms with van der Waals surface area (Å²) < 4.78 is 32.1. The largest absolute Gasteiger partial charge is 0.377 e. The van der Waals surface area contributed by atoms with Crippen molar-refractivity contribution in [3.8, 4) is 0 Å². The third-order valence-corrected chi connectivity index (χ3v) is 5.24. The minimum absolute atomic E-state index is 0.295. The van der Waals surface area contributed by atoms with Crippen LogP contribution in [0.1, 0.15) is 46.5 Å². The van der Waals surface area contributed by atoms with Crippen molar-refractivity contribution >= 4 is 10.0 Å². The van der Waals surface area contributed by atoms with Gasteiger partial charge in [0.05, 0.1) is 18.0 Å². The molecule has 0 aromatic rings. The Bertz CT molecular complexity index is 338. The second-order valence-corrected chi connectivity index (χ2v) is 7.77. The van der Waals surface area contributed by atoms with Gasteiger partial charge in [-0.2, -0.15) is 0 Å². The van der Waals surface area contributed by atoms with Gasteiger partial charge in [0.2, 0.25) is 10.0 Å². The number of sulfonamides is 1. The van der Waals surface area contributed by atoms with Crippen molar-refractivity contribution in [2.24, 2.45) is 0 Å². The molecule has 1 aliphatic carbocycles. The van der Waals surface area contributed by atoms with E-state index >= 15 is 0 Å². The van der Waals surface area contributed by atoms with Crippen molar-refractivity contribution in [2.45, 2.75) is 63.9 Å². The zero-order valence-electron chi connectivity index (χ0n) is 12.3. The summed E-state index contributed by atoms with van der Waals surface area (Å²) >= 11 is 0. The molecule has 1 atom stereocenters. The van der Waals surface area contributed by atoms with E-state index in [9.17, 15) is 8.42 Å². The molecule has 114 valence electrons. The molecule has 1 aliphatic rings. The monoisotopic (exact) mass is 292 g/mol. The average molecular weight is 292 g/mol. The summed E-state index contributed by atoms with van der Waals surface area (Å²) in [5.41, 5.74) is 0. The van der Waals surface area contributed by atoms with Crippen LogP contribution in [0.2, 0.25) is 0 Å². The van der Waals surface area contributed by atoms with E-state index in [1.54, 1.807) is 6.92 Å². The van der Waals surface area contributed by atoms with Crippen LogP contribution in [-0.4, -0.2) is 45.5 Å². The Morgan fingerprint density at radius 1 is 1.21 bits per heavy atom. The summed E-state index contributed by atoms with van der Waals surface area (Å²) in [6.07, 6.45) is 5.02. The molecular formula is C13H28N2O3S. The lowest BCUT2D eigenvalue weighted by Gasteiger charge is -2.17. The third-order valence-electron chi connectivity index (χ3n) is 3.40. The summed E-state index contributed by atoms with van der Waals surface area (Å²) in [7, 11) is -3.24. The maximum Gasteiger partial charge on any atom is 0.215 e. The zero-order valence-corrected chi connectivity index (χ0v) is 13.1. The zero-order chi connectivity index (χ0) is 14.3. The molecule has 2 N–H and O–H groups in total. The smallest absolute Gasteiger partial charge is 0.215 e. The molecule has 1 rings (SSSR count). The maximum absolute atomic E-state index is 11.9. The van der Waals surface area contributed by atoms with Gasteiger partial charge in [-0.15, -0.1) is 0 Å². The van der Waals surface area contributed by atoms with Gasteiger partial charge in [-0.1, -0.05) is 26.7 Å². The first-order valence-electron chi connectivity index (χ1n) is 7.25. The lowest BCUT2D eigenvalue weighted by Crippen LogP contribution is -2.41. The highest BCUT2D eigenvalue weighted by Crippen LogP contribution is 2.20. The molecule has 0 bridgehead atoms. The molecule has 1 unspecified atom stereocenters. The van der Waals surface area contributed by atoms with Crippen molar-refractivity contribution in [3.05, 3.63) is 0 Å². The Hall–Kier alpha value is -0.170. The fourth-order valence-corrected chi connectivity index (χ4v) is 3.09. The predicted molar refractivity (Wildman–Crippen MR) is 77.7 cm³/mol. The molecule has 0 aromatic heterocycles. The van der Waals surface area contributed by atoms with Crippen LogP contribution in [-0.2, 0) is 14.8 Å². The van der Waals surface area contributed by atoms with E-state index in [2.05, 4.69) is 10.0 Å². The van der Waals surface area contributed by atoms with Gasteiger partial charge in [0.15, 0.2) is 0 Å². The van der Waals surface area contributed by atoms with E-state index in [0.29, 0.717) is 31.8 Å². The van der Waals surface area contributed by atoms with Crippen LogP contribution >= 0.6 is 0 Å². The summed E-state index contributed by atoms with van der Waals surface area (Å²) in [6, 6.07) is 0.295. The normalized spacial score (nSPS) is 19.2. The highest BCUT2D eigenvalue weighted by Gasteiger charge is 2.20. The summed E-state index contributed by atoms with van der Waals surface area (Å²) in [5.74, 6) is 0. The number of hydrogen-bond acceptors (Lipinski definition) is 4. The summed E-state index contributed by atoms with van der Waals surface area (Å²) in [6.45, 7) is 7.02. The number of rotatable bonds is 9. The number of nitrogens with one attached hydrogen (secondary N) is 2. The van der Waals surface area contributed by atoms with E-state index in [1.165, 1.54) is 12.8 Å². The first-order valence-corrected chi connectivity index (χ1v) is 8.80. The van der Waals surface area contributed by atoms with Crippen molar-refractivity contribution in [1.29, 1.82) is 0 Å². The molecule has 6 heteroatoms. The number of hydrogen-bond donors (Lipinski definition) is 2. The standard InChI is InChI=1S/C13H28N2O3S/c1-11(2)14-10-12(3)19(16,17)15-8-9-18-13-6-4-5-7-13/h11-15H,4-10H2,1-3H3. The topological polar surface area (TPSA) is 67.4 Å². The van der Waals surface area contributed by atoms with Gasteiger partial charge in [-0.25, -0.2) is 13.1 Å². The molecule has 0 spiro atoms. The highest BCUT2D eigenvalue weighted by atomic mass is 32.2. The van der Waals surface area contributed by atoms with Gasteiger partial charge in [-0.05, 0) is 19.8 Å². The van der Waals surface area contributed by atoms with Crippen LogP contribution in [0.25, 0.3) is 0 Å². The van der Waals surface area contributed by atoms with Gasteiger partial charge in [0.25, 0.3) is 0 Å². The highest BCUT2D eigenvalue weighted by molar-refractivity contribution is 7.90. The first-order chi connectivity index (χ1) is 8.92. The lowest BCUT2D eigenvalue weighted by atomic mass is 10.3. The van der Waals surface area contributed by atoms with Crippen molar-refractivity contribution in [1.82, 2.24) is 10.0 Å². The minimum Gasteiger partial charge on any atom is -0.377 e. The number of ether oxygens (including phenoxy) is 1. The second kappa shape index (κ2) is 8.19. The van der Waals surface area contributed by atoms with Crippen LogP contribution in [0.15, 0.2) is 0 Å². The summed E-state index contributed by atoms with van der Waals surface area (Å²) in [5, 5.41) is 2.71. The first kappa shape index (κ1) is 16.9. The van der Waals surface area contributed by atoms with Crippen LogP contribution in [0.3, 0.4) is 0 Å². The van der Waals surface area contributed by atoms with Gasteiger partial charge in [0.1, 0.15) is 0 Å². The predicted octanol–water partition coefficient (Wildman–Crippen LogP) is 1.25. The molecule has 0 saturated heterocycles. The molecule has 19 heavy (non-hydrogen) atoms. The Kier molecular flexibility index (Phi) is 7.28. The molecule has 0 heterocycles. The quantitative estimate of drug-likeness (QED) is 0.628. The maximum atomic E-state index is 11.9. The molecule has 0 amide bonds. The SMILES string of the molecule is CC(C)NCC(C)S(=O)(=O)NCCOC1CCCC1. The van der Waals surface area contributed by atoms with Crippen molar-refractivity contribution in [3.63, 3.8) is 0 Å². The van der Waals surface area contributed by atoms with Crippen LogP contribution < -0.4 is 10.0 Å². The summed E-state index contributed by atoms with van der Waals surface area (Å²) in [4.78, 5) is 0. The van der Waals surface area contributed by atoms with Gasteiger partial charge in [0, 0.05) is 19.1 Å². The molecule has 5 nitrogen and oxygen atoms in total. The lowest BCUT2D eigenvalue weighted by molar-refractivity contribution is 0.0626. The van der Waals surface area contributed by atoms with Crippen molar-refractivity contribution in [2.75, 3.05) is 19.7 Å². The van der Waals surface area contributed by atoms with E-state index in [-0.39, 0.29) is 0 Å². The molecule has 1 saturated carbocycles. The van der Waals surface area contributed by atoms with Gasteiger partial charge >= 0.3 is 0 Å². The molecule has 0 aromatic carbocycles. The Morgan fingerprint density at radius 3 is 2.42 bits per heavy atom. The minimum atomic E-state index is -3.24. The van der Waals surface area contributed by atoms with Gasteiger partial charge in [-0.3, -0.25) is 0 Å². The van der Waals surface area contributed by atoms with E-state index in [0.717, 1.165) is 12.8 Å². The fraction of sp³-hybridized carbons (Fsp3) is 1.00. The van der Waals surface area contributed by atoms with Crippen LogP contribution in [0, 0.1) is 0 Å². The van der Waals surface area contributed by atoms with Gasteiger partial charge < -0.3 is 10.1 Å². The Balaban J connectivity index is 2.18. The molecule has 1 fully saturated rings. The molecule has 0 aliphatic heterocycles. The molecular weight excluding hydrogens is 264 g/mol. The van der Waals surface area contributed by atoms with E-state index < -0.39 is 15.3 Å². The van der Waals surface area contributed by atoms with Crippen molar-refractivity contribution < 1.29 is 13.2 Å². The van der Waals surface area contributed by atoms with Crippen LogP contribution in [0.4, 0.5) is 0 Å². The Labute approximate surface area is 117 Å². The Morgan fingerprint density at radius 2 is 1.84 bits per heavy atom. The average Bonchev–Trinajstić information content (AvgIpc) is 2.84. The van der Waals surface area contributed by atoms with Crippen LogP contribution in [0.5, 0.6) is 0 Å². The second-order valence-electron chi connectivity index (χ2n) is 5.59. The third kappa shape index (κ3) is 6.70.